The first-order chi connectivity index (χ1) is 7.72. The summed E-state index contributed by atoms with van der Waals surface area (Å²) in [6.07, 6.45) is 0.410. The Morgan fingerprint density at radius 3 is 2.75 bits per heavy atom. The van der Waals surface area contributed by atoms with Crippen LogP contribution in [0.4, 0.5) is 10.1 Å². The van der Waals surface area contributed by atoms with Crippen molar-refractivity contribution < 1.29 is 4.39 Å². The average Bonchev–Trinajstić information content (AvgIpc) is 2.31. The van der Waals surface area contributed by atoms with Crippen molar-refractivity contribution >= 4 is 21.6 Å². The second kappa shape index (κ2) is 6.49. The summed E-state index contributed by atoms with van der Waals surface area (Å²) >= 11 is 3.29. The summed E-state index contributed by atoms with van der Waals surface area (Å²) < 4.78 is 13.8. The number of hydrogen-bond donors (Lipinski definition) is 0. The van der Waals surface area contributed by atoms with Crippen molar-refractivity contribution in [2.75, 3.05) is 18.0 Å². The summed E-state index contributed by atoms with van der Waals surface area (Å²) in [6.45, 7) is 3.22. The van der Waals surface area contributed by atoms with Crippen LogP contribution in [0.15, 0.2) is 18.2 Å². The molecule has 0 heterocycles. The largest absolute Gasteiger partial charge is 0.368 e. The predicted molar refractivity (Wildman–Crippen MR) is 67.1 cm³/mol. The van der Waals surface area contributed by atoms with E-state index in [1.54, 1.807) is 6.07 Å². The maximum atomic E-state index is 13.8. The number of nitrogens with zero attached hydrogens (tertiary/aromatic N) is 2. The lowest BCUT2D eigenvalue weighted by Crippen LogP contribution is -2.24. The third-order valence-corrected chi connectivity index (χ3v) is 3.03. The van der Waals surface area contributed by atoms with E-state index >= 15 is 0 Å². The highest BCUT2D eigenvalue weighted by Gasteiger charge is 2.09. The molecule has 0 saturated carbocycles. The smallest absolute Gasteiger partial charge is 0.146 e. The van der Waals surface area contributed by atoms with Gasteiger partial charge in [-0.3, -0.25) is 0 Å². The van der Waals surface area contributed by atoms with Crippen LogP contribution in [-0.4, -0.2) is 13.1 Å². The standard InChI is InChI=1S/C12H14BrFN2/c1-2-16(7-3-6-15)12-5-4-10(9-13)8-11(12)14/h4-5,8H,2-3,7,9H2,1H3. The van der Waals surface area contributed by atoms with Crippen LogP contribution < -0.4 is 4.90 Å². The van der Waals surface area contributed by atoms with Crippen molar-refractivity contribution in [2.24, 2.45) is 0 Å². The fourth-order valence-electron chi connectivity index (χ4n) is 1.52. The van der Waals surface area contributed by atoms with Gasteiger partial charge in [0.15, 0.2) is 0 Å². The second-order valence-electron chi connectivity index (χ2n) is 3.41. The molecule has 1 aromatic carbocycles. The lowest BCUT2D eigenvalue weighted by atomic mass is 10.2. The molecule has 4 heteroatoms. The van der Waals surface area contributed by atoms with Crippen molar-refractivity contribution in [1.29, 1.82) is 5.26 Å². The Balaban J connectivity index is 2.88. The third-order valence-electron chi connectivity index (χ3n) is 2.38. The van der Waals surface area contributed by atoms with E-state index in [1.165, 1.54) is 6.07 Å². The van der Waals surface area contributed by atoms with Gasteiger partial charge in [0.2, 0.25) is 0 Å². The molecule has 1 aromatic rings. The lowest BCUT2D eigenvalue weighted by Gasteiger charge is -2.22. The Kier molecular flexibility index (Phi) is 5.27. The van der Waals surface area contributed by atoms with Crippen molar-refractivity contribution in [1.82, 2.24) is 0 Å². The summed E-state index contributed by atoms with van der Waals surface area (Å²) in [6, 6.07) is 7.26. The van der Waals surface area contributed by atoms with Crippen LogP contribution in [0.1, 0.15) is 18.9 Å². The maximum Gasteiger partial charge on any atom is 0.146 e. The number of alkyl halides is 1. The minimum atomic E-state index is -0.225. The van der Waals surface area contributed by atoms with Gasteiger partial charge in [0.1, 0.15) is 5.82 Å². The second-order valence-corrected chi connectivity index (χ2v) is 3.97. The fraction of sp³-hybridized carbons (Fsp3) is 0.417. The third kappa shape index (κ3) is 3.21. The normalized spacial score (nSPS) is 9.88. The number of nitriles is 1. The van der Waals surface area contributed by atoms with Gasteiger partial charge in [-0.2, -0.15) is 5.26 Å². The highest BCUT2D eigenvalue weighted by atomic mass is 79.9. The zero-order chi connectivity index (χ0) is 12.0. The number of halogens is 2. The van der Waals surface area contributed by atoms with Gasteiger partial charge in [-0.15, -0.1) is 0 Å². The quantitative estimate of drug-likeness (QED) is 0.775. The maximum absolute atomic E-state index is 13.8. The molecule has 0 unspecified atom stereocenters. The first kappa shape index (κ1) is 13.0. The van der Waals surface area contributed by atoms with E-state index in [0.717, 1.165) is 5.56 Å². The van der Waals surface area contributed by atoms with Gasteiger partial charge in [-0.1, -0.05) is 22.0 Å². The molecule has 0 bridgehead atoms. The summed E-state index contributed by atoms with van der Waals surface area (Å²) in [5, 5.41) is 9.18. The molecule has 0 atom stereocenters. The summed E-state index contributed by atoms with van der Waals surface area (Å²) in [4.78, 5) is 1.87. The molecule has 0 spiro atoms. The Bertz CT molecular complexity index is 387. The van der Waals surface area contributed by atoms with Crippen LogP contribution in [-0.2, 0) is 5.33 Å². The monoisotopic (exact) mass is 284 g/mol. The Morgan fingerprint density at radius 2 is 2.25 bits per heavy atom. The van der Waals surface area contributed by atoms with Gasteiger partial charge in [0.05, 0.1) is 18.2 Å². The van der Waals surface area contributed by atoms with Gasteiger partial charge < -0.3 is 4.90 Å². The Hall–Kier alpha value is -1.08. The molecule has 0 saturated heterocycles. The minimum absolute atomic E-state index is 0.225. The van der Waals surface area contributed by atoms with Crippen molar-refractivity contribution in [2.45, 2.75) is 18.7 Å². The molecule has 0 amide bonds. The van der Waals surface area contributed by atoms with Crippen LogP contribution >= 0.6 is 15.9 Å². The number of benzene rings is 1. The predicted octanol–water partition coefficient (Wildman–Crippen LogP) is 3.46. The minimum Gasteiger partial charge on any atom is -0.368 e. The summed E-state index contributed by atoms with van der Waals surface area (Å²) in [5.74, 6) is -0.225. The van der Waals surface area contributed by atoms with E-state index in [-0.39, 0.29) is 5.82 Å². The molecular formula is C12H14BrFN2. The van der Waals surface area contributed by atoms with Crippen LogP contribution in [0.3, 0.4) is 0 Å². The summed E-state index contributed by atoms with van der Waals surface area (Å²) in [5.41, 5.74) is 1.49. The first-order valence-corrected chi connectivity index (χ1v) is 6.31. The SMILES string of the molecule is CCN(CCC#N)c1ccc(CBr)cc1F. The zero-order valence-electron chi connectivity index (χ0n) is 9.21. The molecule has 86 valence electrons. The Morgan fingerprint density at radius 1 is 1.50 bits per heavy atom. The molecule has 2 nitrogen and oxygen atoms in total. The highest BCUT2D eigenvalue weighted by molar-refractivity contribution is 9.08. The molecule has 1 rings (SSSR count). The molecule has 0 radical (unpaired) electrons. The Labute approximate surface area is 104 Å². The van der Waals surface area contributed by atoms with E-state index in [2.05, 4.69) is 22.0 Å². The van der Waals surface area contributed by atoms with E-state index in [4.69, 9.17) is 5.26 Å². The van der Waals surface area contributed by atoms with Crippen molar-refractivity contribution in [3.8, 4) is 6.07 Å². The molecule has 0 aliphatic heterocycles. The van der Waals surface area contributed by atoms with E-state index in [9.17, 15) is 4.39 Å². The fourth-order valence-corrected chi connectivity index (χ4v) is 1.87. The molecule has 0 aliphatic rings. The molecule has 0 aromatic heterocycles. The van der Waals surface area contributed by atoms with E-state index in [1.807, 2.05) is 17.9 Å². The van der Waals surface area contributed by atoms with Crippen LogP contribution in [0.2, 0.25) is 0 Å². The summed E-state index contributed by atoms with van der Waals surface area (Å²) in [7, 11) is 0. The zero-order valence-corrected chi connectivity index (χ0v) is 10.8. The molecule has 0 fully saturated rings. The van der Waals surface area contributed by atoms with Crippen molar-refractivity contribution in [3.05, 3.63) is 29.6 Å². The van der Waals surface area contributed by atoms with Crippen LogP contribution in [0.25, 0.3) is 0 Å². The molecule has 0 N–H and O–H groups in total. The highest BCUT2D eigenvalue weighted by Crippen LogP contribution is 2.21. The van der Waals surface area contributed by atoms with Gasteiger partial charge in [-0.25, -0.2) is 4.39 Å². The molecule has 0 aliphatic carbocycles. The van der Waals surface area contributed by atoms with Gasteiger partial charge in [-0.05, 0) is 24.6 Å². The first-order valence-electron chi connectivity index (χ1n) is 5.19. The average molecular weight is 285 g/mol. The van der Waals surface area contributed by atoms with Crippen LogP contribution in [0, 0.1) is 17.1 Å². The van der Waals surface area contributed by atoms with E-state index in [0.29, 0.717) is 30.5 Å². The van der Waals surface area contributed by atoms with Gasteiger partial charge in [0.25, 0.3) is 0 Å². The topological polar surface area (TPSA) is 27.0 Å². The van der Waals surface area contributed by atoms with E-state index < -0.39 is 0 Å². The lowest BCUT2D eigenvalue weighted by molar-refractivity contribution is 0.617. The molecule has 16 heavy (non-hydrogen) atoms. The van der Waals surface area contributed by atoms with Gasteiger partial charge in [0, 0.05) is 18.4 Å². The van der Waals surface area contributed by atoms with Gasteiger partial charge >= 0.3 is 0 Å². The molecular weight excluding hydrogens is 271 g/mol. The number of anilines is 1. The van der Waals surface area contributed by atoms with Crippen molar-refractivity contribution in [3.63, 3.8) is 0 Å². The van der Waals surface area contributed by atoms with Crippen LogP contribution in [0.5, 0.6) is 0 Å². The number of hydrogen-bond acceptors (Lipinski definition) is 2. The number of rotatable bonds is 5.